The van der Waals surface area contributed by atoms with E-state index in [0.29, 0.717) is 52.4 Å². The molecule has 12 N–H and O–H groups in total. The van der Waals surface area contributed by atoms with Crippen molar-refractivity contribution in [2.24, 2.45) is 0 Å². The van der Waals surface area contributed by atoms with Crippen LogP contribution in [0.4, 0.5) is 0 Å². The topological polar surface area (TPSA) is 374 Å². The first-order chi connectivity index (χ1) is 19.9. The van der Waals surface area contributed by atoms with Crippen LogP contribution in [0.2, 0.25) is 0 Å². The van der Waals surface area contributed by atoms with E-state index in [1.54, 1.807) is 0 Å². The van der Waals surface area contributed by atoms with Crippen molar-refractivity contribution >= 4 is 40.5 Å². The van der Waals surface area contributed by atoms with Gasteiger partial charge in [-0.3, -0.25) is 37.8 Å². The maximum atomic E-state index is 10.6. The van der Waals surface area contributed by atoms with Gasteiger partial charge in [-0.05, 0) is 0 Å². The van der Waals surface area contributed by atoms with Crippen molar-refractivity contribution in [1.29, 1.82) is 0 Å². The second kappa shape index (κ2) is 20.7. The van der Waals surface area contributed by atoms with Crippen LogP contribution in [-0.4, -0.2) is 229 Å². The maximum Gasteiger partial charge on any atom is 0.267 e. The summed E-state index contributed by atoms with van der Waals surface area (Å²) >= 11 is 0. The highest BCUT2D eigenvalue weighted by molar-refractivity contribution is 7.86. The molecule has 0 saturated carbocycles. The number of rotatable bonds is 16. The van der Waals surface area contributed by atoms with Gasteiger partial charge in [0, 0.05) is 78.5 Å². The molecule has 46 heavy (non-hydrogen) atoms. The fourth-order valence-electron chi connectivity index (χ4n) is 4.68. The average Bonchev–Trinajstić information content (AvgIpc) is 2.77. The molecule has 22 nitrogen and oxygen atoms in total. The minimum atomic E-state index is -4.22. The van der Waals surface area contributed by atoms with Gasteiger partial charge in [0.1, 0.15) is 23.0 Å². The number of piperazine rings is 2. The Morgan fingerprint density at radius 3 is 0.609 bits per heavy atom. The molecule has 2 rings (SSSR count). The van der Waals surface area contributed by atoms with E-state index in [4.69, 9.17) is 18.2 Å². The molecule has 2 saturated heterocycles. The summed E-state index contributed by atoms with van der Waals surface area (Å²) in [5, 5.41) is 38.2. The SMILES string of the molecule is O.O.O=S(=O)(O)CC(O)CN1CCN(CC(O)CS(=O)(=O)O)CC1.O=S(=O)(O)CC(O)CN1CCN(CC(O)CS(=O)(=O)O)CC1. The van der Waals surface area contributed by atoms with Crippen molar-refractivity contribution in [3.63, 3.8) is 0 Å². The van der Waals surface area contributed by atoms with Crippen LogP contribution in [0.15, 0.2) is 0 Å². The van der Waals surface area contributed by atoms with Crippen LogP contribution in [-0.2, 0) is 40.5 Å². The molecule has 2 heterocycles. The normalized spacial score (nSPS) is 20.7. The van der Waals surface area contributed by atoms with E-state index in [9.17, 15) is 54.1 Å². The van der Waals surface area contributed by atoms with E-state index in [2.05, 4.69) is 0 Å². The zero-order valence-electron chi connectivity index (χ0n) is 24.9. The van der Waals surface area contributed by atoms with Gasteiger partial charge in [0.15, 0.2) is 0 Å². The van der Waals surface area contributed by atoms with Gasteiger partial charge in [-0.2, -0.15) is 33.7 Å². The number of aliphatic hydroxyl groups is 4. The first-order valence-electron chi connectivity index (χ1n) is 13.3. The molecule has 4 atom stereocenters. The highest BCUT2D eigenvalue weighted by Gasteiger charge is 2.26. The zero-order valence-corrected chi connectivity index (χ0v) is 28.2. The van der Waals surface area contributed by atoms with Crippen molar-refractivity contribution in [2.45, 2.75) is 24.4 Å². The lowest BCUT2D eigenvalue weighted by atomic mass is 10.2. The predicted octanol–water partition coefficient (Wildman–Crippen LogP) is -7.45. The number of hydrogen-bond acceptors (Lipinski definition) is 16. The molecular formula is C20H48N4O18S4. The molecular weight excluding hydrogens is 712 g/mol. The van der Waals surface area contributed by atoms with Gasteiger partial charge in [-0.15, -0.1) is 0 Å². The Balaban J connectivity index is 0. The average molecular weight is 761 g/mol. The summed E-state index contributed by atoms with van der Waals surface area (Å²) < 4.78 is 120. The molecule has 280 valence electrons. The molecule has 0 amide bonds. The maximum absolute atomic E-state index is 10.6. The summed E-state index contributed by atoms with van der Waals surface area (Å²) in [7, 11) is -16.9. The van der Waals surface area contributed by atoms with E-state index in [1.165, 1.54) is 0 Å². The molecule has 0 bridgehead atoms. The Labute approximate surface area is 268 Å². The summed E-state index contributed by atoms with van der Waals surface area (Å²) in [6.07, 6.45) is -4.75. The lowest BCUT2D eigenvalue weighted by Gasteiger charge is -2.36. The van der Waals surface area contributed by atoms with E-state index < -0.39 is 87.9 Å². The minimum Gasteiger partial charge on any atom is -0.412 e. The van der Waals surface area contributed by atoms with Crippen LogP contribution in [0.25, 0.3) is 0 Å². The number of aliphatic hydroxyl groups excluding tert-OH is 4. The molecule has 2 aliphatic rings. The van der Waals surface area contributed by atoms with Gasteiger partial charge in [-0.25, -0.2) is 0 Å². The Hall–Kier alpha value is -0.760. The van der Waals surface area contributed by atoms with Crippen LogP contribution in [0.1, 0.15) is 0 Å². The molecule has 0 aliphatic carbocycles. The fraction of sp³-hybridized carbons (Fsp3) is 1.00. The standard InChI is InChI=1S/2C10H22N2O8S2.2H2O/c2*13-9(7-21(15,16)17)5-11-1-2-12(4-3-11)6-10(14)8-22(18,19)20;;/h2*9-10,13-14H,1-8H2,(H,15,16,17)(H,18,19,20);2*1H2. The number of nitrogens with zero attached hydrogens (tertiary/aromatic N) is 4. The first-order valence-corrected chi connectivity index (χ1v) is 19.7. The molecule has 0 spiro atoms. The second-order valence-electron chi connectivity index (χ2n) is 10.8. The summed E-state index contributed by atoms with van der Waals surface area (Å²) in [4.78, 5) is 7.23. The Kier molecular flexibility index (Phi) is 21.3. The van der Waals surface area contributed by atoms with Gasteiger partial charge in [0.25, 0.3) is 40.5 Å². The van der Waals surface area contributed by atoms with E-state index in [1.807, 2.05) is 19.6 Å². The third-order valence-corrected chi connectivity index (χ3v) is 9.64. The Morgan fingerprint density at radius 2 is 0.500 bits per heavy atom. The van der Waals surface area contributed by atoms with Crippen molar-refractivity contribution in [3.05, 3.63) is 0 Å². The van der Waals surface area contributed by atoms with E-state index in [0.717, 1.165) is 0 Å². The quantitative estimate of drug-likeness (QED) is 0.0677. The third-order valence-electron chi connectivity index (χ3n) is 6.42. The van der Waals surface area contributed by atoms with Crippen molar-refractivity contribution in [3.8, 4) is 0 Å². The van der Waals surface area contributed by atoms with E-state index in [-0.39, 0.29) is 37.1 Å². The van der Waals surface area contributed by atoms with Crippen molar-refractivity contribution in [2.75, 3.05) is 102 Å². The van der Waals surface area contributed by atoms with Crippen LogP contribution in [0, 0.1) is 0 Å². The van der Waals surface area contributed by atoms with Gasteiger partial charge < -0.3 is 31.4 Å². The fourth-order valence-corrected chi connectivity index (χ4v) is 7.05. The highest BCUT2D eigenvalue weighted by atomic mass is 32.2. The van der Waals surface area contributed by atoms with Gasteiger partial charge in [-0.1, -0.05) is 0 Å². The van der Waals surface area contributed by atoms with Crippen molar-refractivity contribution in [1.82, 2.24) is 19.6 Å². The third kappa shape index (κ3) is 25.3. The number of hydrogen-bond donors (Lipinski definition) is 8. The Bertz CT molecular complexity index is 1090. The van der Waals surface area contributed by atoms with E-state index >= 15 is 0 Å². The summed E-state index contributed by atoms with van der Waals surface area (Å²) in [6.45, 7) is 4.40. The van der Waals surface area contributed by atoms with Crippen LogP contribution >= 0.6 is 0 Å². The molecule has 26 heteroatoms. The van der Waals surface area contributed by atoms with Crippen LogP contribution in [0.5, 0.6) is 0 Å². The van der Waals surface area contributed by atoms with Crippen LogP contribution < -0.4 is 0 Å². The lowest BCUT2D eigenvalue weighted by molar-refractivity contribution is 0.0583. The number of β-amino-alcohol motifs (C(OH)–C–C–N with tert-alkyl or cyclic N) is 4. The molecule has 0 radical (unpaired) electrons. The zero-order chi connectivity index (χ0) is 33.9. The van der Waals surface area contributed by atoms with Gasteiger partial charge in [0.2, 0.25) is 0 Å². The molecule has 0 aromatic heterocycles. The molecule has 2 fully saturated rings. The second-order valence-corrected chi connectivity index (χ2v) is 16.8. The monoisotopic (exact) mass is 760 g/mol. The van der Waals surface area contributed by atoms with Crippen molar-refractivity contribution < 1.29 is 83.3 Å². The summed E-state index contributed by atoms with van der Waals surface area (Å²) in [5.74, 6) is -2.89. The largest absolute Gasteiger partial charge is 0.412 e. The first kappa shape index (κ1) is 47.4. The minimum absolute atomic E-state index is 0. The van der Waals surface area contributed by atoms with Gasteiger partial charge >= 0.3 is 0 Å². The molecule has 0 aromatic rings. The Morgan fingerprint density at radius 1 is 0.370 bits per heavy atom. The predicted molar refractivity (Wildman–Crippen MR) is 163 cm³/mol. The van der Waals surface area contributed by atoms with Crippen LogP contribution in [0.3, 0.4) is 0 Å². The summed E-state index contributed by atoms with van der Waals surface area (Å²) in [6, 6.07) is 0. The molecule has 2 aliphatic heterocycles. The smallest absolute Gasteiger partial charge is 0.267 e. The van der Waals surface area contributed by atoms with Gasteiger partial charge in [0.05, 0.1) is 24.4 Å². The lowest BCUT2D eigenvalue weighted by Crippen LogP contribution is -2.51. The molecule has 0 aromatic carbocycles. The molecule has 4 unspecified atom stereocenters. The summed E-state index contributed by atoms with van der Waals surface area (Å²) in [5.41, 5.74) is 0. The highest BCUT2D eigenvalue weighted by Crippen LogP contribution is 2.07.